The molecular formula is C20H18ClN3O. The lowest BCUT2D eigenvalue weighted by Gasteiger charge is -2.26. The van der Waals surface area contributed by atoms with E-state index in [0.717, 1.165) is 34.3 Å². The highest BCUT2D eigenvalue weighted by molar-refractivity contribution is 6.31. The number of urea groups is 1. The lowest BCUT2D eigenvalue weighted by atomic mass is 10.1. The summed E-state index contributed by atoms with van der Waals surface area (Å²) in [5.41, 5.74) is 4.85. The van der Waals surface area contributed by atoms with Crippen LogP contribution in [0.25, 0.3) is 10.9 Å². The first-order valence-corrected chi connectivity index (χ1v) is 8.62. The third kappa shape index (κ3) is 2.63. The zero-order chi connectivity index (χ0) is 17.6. The fourth-order valence-corrected chi connectivity index (χ4v) is 3.55. The van der Waals surface area contributed by atoms with Gasteiger partial charge in [0.25, 0.3) is 0 Å². The smallest absolute Gasteiger partial charge is 0.296 e. The van der Waals surface area contributed by atoms with Crippen molar-refractivity contribution in [3.63, 3.8) is 0 Å². The van der Waals surface area contributed by atoms with Gasteiger partial charge in [0, 0.05) is 30.2 Å². The third-order valence-corrected chi connectivity index (χ3v) is 5.17. The molecule has 0 radical (unpaired) electrons. The van der Waals surface area contributed by atoms with E-state index in [4.69, 9.17) is 11.6 Å². The summed E-state index contributed by atoms with van der Waals surface area (Å²) in [5.74, 6) is 0. The number of pyridine rings is 1. The third-order valence-electron chi connectivity index (χ3n) is 4.76. The number of benzene rings is 2. The molecule has 1 aliphatic heterocycles. The van der Waals surface area contributed by atoms with E-state index in [1.807, 2.05) is 43.3 Å². The summed E-state index contributed by atoms with van der Waals surface area (Å²) in [7, 11) is 1.80. The first kappa shape index (κ1) is 15.9. The lowest BCUT2D eigenvalue weighted by Crippen LogP contribution is -2.40. The van der Waals surface area contributed by atoms with Gasteiger partial charge in [-0.1, -0.05) is 35.9 Å². The van der Waals surface area contributed by atoms with Gasteiger partial charge in [-0.25, -0.2) is 4.79 Å². The Kier molecular flexibility index (Phi) is 3.85. The van der Waals surface area contributed by atoms with Crippen molar-refractivity contribution in [1.29, 1.82) is 0 Å². The molecule has 0 unspecified atom stereocenters. The van der Waals surface area contributed by atoms with Crippen molar-refractivity contribution in [3.8, 4) is 0 Å². The molecule has 4 rings (SSSR count). The second-order valence-electron chi connectivity index (χ2n) is 6.32. The maximum atomic E-state index is 13.1. The number of para-hydroxylation sites is 1. The van der Waals surface area contributed by atoms with E-state index in [9.17, 15) is 4.79 Å². The van der Waals surface area contributed by atoms with Crippen LogP contribution in [0.5, 0.6) is 0 Å². The average Bonchev–Trinajstić information content (AvgIpc) is 3.03. The minimum atomic E-state index is -0.0602. The topological polar surface area (TPSA) is 36.4 Å². The van der Waals surface area contributed by atoms with Gasteiger partial charge < -0.3 is 0 Å². The number of aromatic nitrogens is 1. The summed E-state index contributed by atoms with van der Waals surface area (Å²) in [6, 6.07) is 13.6. The number of hydrogen-bond acceptors (Lipinski definition) is 2. The van der Waals surface area contributed by atoms with Gasteiger partial charge in [-0.05, 0) is 42.7 Å². The largest absolute Gasteiger partial charge is 0.328 e. The van der Waals surface area contributed by atoms with Gasteiger partial charge in [0.1, 0.15) is 0 Å². The molecule has 1 aromatic heterocycles. The number of nitrogens with zero attached hydrogens (tertiary/aromatic N) is 3. The van der Waals surface area contributed by atoms with Crippen molar-refractivity contribution in [1.82, 2.24) is 4.98 Å². The van der Waals surface area contributed by atoms with Crippen LogP contribution < -0.4 is 9.80 Å². The van der Waals surface area contributed by atoms with Crippen LogP contribution in [0.4, 0.5) is 16.2 Å². The fourth-order valence-electron chi connectivity index (χ4n) is 3.39. The zero-order valence-corrected chi connectivity index (χ0v) is 14.9. The number of amides is 2. The molecule has 1 aliphatic rings. The first-order valence-electron chi connectivity index (χ1n) is 8.24. The highest BCUT2D eigenvalue weighted by atomic mass is 35.5. The standard InChI is InChI=1S/C20H18ClN3O/c1-13-11-14-8-10-24(19(14)12-16(13)21)20(25)23(2)18-7-9-22-17-6-4-3-5-15(17)18/h3-7,9,11-12H,8,10H2,1-2H3. The molecule has 0 atom stereocenters. The summed E-state index contributed by atoms with van der Waals surface area (Å²) in [4.78, 5) is 21.0. The van der Waals surface area contributed by atoms with E-state index in [2.05, 4.69) is 11.1 Å². The number of aryl methyl sites for hydroxylation is 1. The number of fused-ring (bicyclic) bond motifs is 2. The van der Waals surface area contributed by atoms with Crippen molar-refractivity contribution >= 4 is 39.9 Å². The van der Waals surface area contributed by atoms with Crippen LogP contribution in [0.3, 0.4) is 0 Å². The number of rotatable bonds is 1. The van der Waals surface area contributed by atoms with Crippen molar-refractivity contribution < 1.29 is 4.79 Å². The molecule has 2 aromatic carbocycles. The molecule has 5 heteroatoms. The van der Waals surface area contributed by atoms with Crippen LogP contribution in [0.15, 0.2) is 48.7 Å². The average molecular weight is 352 g/mol. The number of hydrogen-bond donors (Lipinski definition) is 0. The second kappa shape index (κ2) is 6.05. The maximum Gasteiger partial charge on any atom is 0.328 e. The molecule has 0 fully saturated rings. The van der Waals surface area contributed by atoms with Gasteiger partial charge >= 0.3 is 6.03 Å². The number of anilines is 2. The summed E-state index contributed by atoms with van der Waals surface area (Å²) < 4.78 is 0. The quantitative estimate of drug-likeness (QED) is 0.630. The number of carbonyl (C=O) groups excluding carboxylic acids is 1. The fraction of sp³-hybridized carbons (Fsp3) is 0.200. The molecule has 4 nitrogen and oxygen atoms in total. The van der Waals surface area contributed by atoms with E-state index in [-0.39, 0.29) is 6.03 Å². The summed E-state index contributed by atoms with van der Waals surface area (Å²) >= 11 is 6.28. The summed E-state index contributed by atoms with van der Waals surface area (Å²) in [6.07, 6.45) is 2.59. The minimum absolute atomic E-state index is 0.0602. The minimum Gasteiger partial charge on any atom is -0.296 e. The van der Waals surface area contributed by atoms with Crippen LogP contribution in [0, 0.1) is 6.92 Å². The Labute approximate surface area is 151 Å². The van der Waals surface area contributed by atoms with Crippen LogP contribution >= 0.6 is 11.6 Å². The van der Waals surface area contributed by atoms with E-state index in [0.29, 0.717) is 11.6 Å². The van der Waals surface area contributed by atoms with E-state index in [1.54, 1.807) is 23.0 Å². The Morgan fingerprint density at radius 2 is 2.04 bits per heavy atom. The van der Waals surface area contributed by atoms with Gasteiger partial charge in [-0.15, -0.1) is 0 Å². The van der Waals surface area contributed by atoms with Crippen molar-refractivity contribution in [2.75, 3.05) is 23.4 Å². The van der Waals surface area contributed by atoms with E-state index in [1.165, 1.54) is 5.56 Å². The Morgan fingerprint density at radius 3 is 2.88 bits per heavy atom. The van der Waals surface area contributed by atoms with Gasteiger partial charge in [0.2, 0.25) is 0 Å². The molecule has 0 aliphatic carbocycles. The molecular weight excluding hydrogens is 334 g/mol. The molecule has 2 heterocycles. The molecule has 126 valence electrons. The van der Waals surface area contributed by atoms with Gasteiger partial charge in [-0.2, -0.15) is 0 Å². The molecule has 3 aromatic rings. The molecule has 0 spiro atoms. The molecule has 2 amide bonds. The monoisotopic (exact) mass is 351 g/mol. The lowest BCUT2D eigenvalue weighted by molar-refractivity contribution is 0.253. The van der Waals surface area contributed by atoms with Crippen LogP contribution in [-0.2, 0) is 6.42 Å². The van der Waals surface area contributed by atoms with E-state index >= 15 is 0 Å². The second-order valence-corrected chi connectivity index (χ2v) is 6.73. The predicted octanol–water partition coefficient (Wildman–Crippen LogP) is 4.82. The normalized spacial score (nSPS) is 13.2. The Morgan fingerprint density at radius 1 is 1.24 bits per heavy atom. The molecule has 25 heavy (non-hydrogen) atoms. The molecule has 0 saturated heterocycles. The van der Waals surface area contributed by atoms with Gasteiger partial charge in [-0.3, -0.25) is 14.8 Å². The summed E-state index contributed by atoms with van der Waals surface area (Å²) in [6.45, 7) is 2.66. The Bertz CT molecular complexity index is 981. The van der Waals surface area contributed by atoms with Gasteiger partial charge in [0.15, 0.2) is 0 Å². The summed E-state index contributed by atoms with van der Waals surface area (Å²) in [5, 5.41) is 1.65. The Hall–Kier alpha value is -2.59. The van der Waals surface area contributed by atoms with Crippen molar-refractivity contribution in [3.05, 3.63) is 64.8 Å². The van der Waals surface area contributed by atoms with Crippen LogP contribution in [0.2, 0.25) is 5.02 Å². The highest BCUT2D eigenvalue weighted by Crippen LogP contribution is 2.34. The molecule has 0 bridgehead atoms. The van der Waals surface area contributed by atoms with Crippen LogP contribution in [0.1, 0.15) is 11.1 Å². The van der Waals surface area contributed by atoms with Crippen molar-refractivity contribution in [2.24, 2.45) is 0 Å². The Balaban J connectivity index is 1.72. The predicted molar refractivity (Wildman–Crippen MR) is 103 cm³/mol. The number of carbonyl (C=O) groups is 1. The zero-order valence-electron chi connectivity index (χ0n) is 14.2. The molecule has 0 N–H and O–H groups in total. The number of halogens is 1. The SMILES string of the molecule is Cc1cc2c(cc1Cl)N(C(=O)N(C)c1ccnc3ccccc13)CC2. The first-order chi connectivity index (χ1) is 12.1. The molecule has 0 saturated carbocycles. The van der Waals surface area contributed by atoms with Gasteiger partial charge in [0.05, 0.1) is 16.9 Å². The maximum absolute atomic E-state index is 13.1. The van der Waals surface area contributed by atoms with Crippen LogP contribution in [-0.4, -0.2) is 24.6 Å². The highest BCUT2D eigenvalue weighted by Gasteiger charge is 2.28. The van der Waals surface area contributed by atoms with Crippen molar-refractivity contribution in [2.45, 2.75) is 13.3 Å². The van der Waals surface area contributed by atoms with E-state index < -0.39 is 0 Å².